The van der Waals surface area contributed by atoms with Crippen LogP contribution in [0.15, 0.2) is 91.4 Å². The lowest BCUT2D eigenvalue weighted by Crippen LogP contribution is -2.32. The smallest absolute Gasteiger partial charge is 0.326 e. The maximum atomic E-state index is 11.7. The van der Waals surface area contributed by atoms with E-state index in [1.165, 1.54) is 6.33 Å². The van der Waals surface area contributed by atoms with Crippen LogP contribution in [0.3, 0.4) is 0 Å². The van der Waals surface area contributed by atoms with Crippen LogP contribution in [0.25, 0.3) is 11.3 Å². The van der Waals surface area contributed by atoms with Crippen LogP contribution >= 0.6 is 0 Å². The average molecular weight is 426 g/mol. The number of nitrogens with one attached hydrogen (secondary N) is 1. The van der Waals surface area contributed by atoms with Gasteiger partial charge in [-0.2, -0.15) is 0 Å². The van der Waals surface area contributed by atoms with E-state index in [9.17, 15) is 9.90 Å². The molecule has 4 aromatic rings. The topological polar surface area (TPSA) is 97.2 Å². The van der Waals surface area contributed by atoms with Crippen LogP contribution in [0, 0.1) is 0 Å². The molecule has 32 heavy (non-hydrogen) atoms. The maximum Gasteiger partial charge on any atom is 0.326 e. The van der Waals surface area contributed by atoms with Crippen molar-refractivity contribution in [2.45, 2.75) is 19.1 Å². The van der Waals surface area contributed by atoms with Crippen LogP contribution in [0.1, 0.15) is 11.3 Å². The van der Waals surface area contributed by atoms with Crippen LogP contribution in [0.5, 0.6) is 5.75 Å². The fraction of sp³-hybridized carbons (Fsp3) is 0.120. The molecule has 0 fully saturated rings. The molecule has 7 heteroatoms. The van der Waals surface area contributed by atoms with Gasteiger partial charge in [0.25, 0.3) is 0 Å². The quantitative estimate of drug-likeness (QED) is 0.413. The minimum atomic E-state index is -0.974. The molecule has 0 saturated heterocycles. The van der Waals surface area contributed by atoms with Crippen molar-refractivity contribution in [3.63, 3.8) is 0 Å². The van der Waals surface area contributed by atoms with Crippen molar-refractivity contribution in [3.8, 4) is 17.0 Å². The van der Waals surface area contributed by atoms with Crippen molar-refractivity contribution in [2.75, 3.05) is 5.32 Å². The Morgan fingerprint density at radius 1 is 0.938 bits per heavy atom. The number of aliphatic carboxylic acids is 1. The molecule has 2 aromatic carbocycles. The summed E-state index contributed by atoms with van der Waals surface area (Å²) in [5.41, 5.74) is 3.32. The van der Waals surface area contributed by atoms with Crippen molar-refractivity contribution in [2.24, 2.45) is 0 Å². The van der Waals surface area contributed by atoms with Crippen LogP contribution in [0.2, 0.25) is 0 Å². The molecule has 0 bridgehead atoms. The third kappa shape index (κ3) is 5.66. The number of benzene rings is 2. The van der Waals surface area contributed by atoms with E-state index >= 15 is 0 Å². The second kappa shape index (κ2) is 10.2. The van der Waals surface area contributed by atoms with Gasteiger partial charge < -0.3 is 15.2 Å². The van der Waals surface area contributed by atoms with Gasteiger partial charge in [-0.15, -0.1) is 0 Å². The first kappa shape index (κ1) is 21.0. The number of ether oxygens (including phenoxy) is 1. The number of aromatic nitrogens is 3. The van der Waals surface area contributed by atoms with E-state index in [0.717, 1.165) is 16.9 Å². The van der Waals surface area contributed by atoms with E-state index in [4.69, 9.17) is 4.74 Å². The lowest BCUT2D eigenvalue weighted by molar-refractivity contribution is -0.137. The average Bonchev–Trinajstić information content (AvgIpc) is 2.84. The van der Waals surface area contributed by atoms with Gasteiger partial charge in [-0.1, -0.05) is 48.5 Å². The van der Waals surface area contributed by atoms with Crippen LogP contribution in [0.4, 0.5) is 5.82 Å². The third-order valence-corrected chi connectivity index (χ3v) is 4.83. The Hall–Kier alpha value is -4.26. The van der Waals surface area contributed by atoms with Gasteiger partial charge >= 0.3 is 5.97 Å². The highest BCUT2D eigenvalue weighted by atomic mass is 16.5. The number of carbonyl (C=O) groups is 1. The number of para-hydroxylation sites is 1. The highest BCUT2D eigenvalue weighted by Gasteiger charge is 2.19. The zero-order valence-corrected chi connectivity index (χ0v) is 17.3. The number of carboxylic acids is 1. The molecule has 0 spiro atoms. The van der Waals surface area contributed by atoms with E-state index in [1.54, 1.807) is 24.4 Å². The van der Waals surface area contributed by atoms with Crippen LogP contribution < -0.4 is 10.1 Å². The molecule has 4 rings (SSSR count). The molecule has 0 radical (unpaired) electrons. The maximum absolute atomic E-state index is 11.7. The molecule has 7 nitrogen and oxygen atoms in total. The van der Waals surface area contributed by atoms with E-state index in [2.05, 4.69) is 20.3 Å². The SMILES string of the molecule is O=C(O)C(Cc1ccccn1)Nc1cc(-c2ccc(COc3ccccc3)cc2)ncn1. The number of hydrogen-bond acceptors (Lipinski definition) is 6. The standard InChI is InChI=1S/C25H22N4O3/c30-25(31)23(14-20-6-4-5-13-26-20)29-24-15-22(27-17-28-24)19-11-9-18(10-12-19)16-32-21-7-2-1-3-8-21/h1-13,15,17,23H,14,16H2,(H,30,31)(H,27,28,29). The van der Waals surface area contributed by atoms with Crippen molar-refractivity contribution < 1.29 is 14.6 Å². The van der Waals surface area contributed by atoms with Crippen molar-refractivity contribution in [3.05, 3.63) is 103 Å². The Morgan fingerprint density at radius 3 is 2.44 bits per heavy atom. The number of rotatable bonds is 9. The Balaban J connectivity index is 1.43. The molecule has 1 atom stereocenters. The summed E-state index contributed by atoms with van der Waals surface area (Å²) in [7, 11) is 0. The van der Waals surface area contributed by atoms with Gasteiger partial charge in [-0.3, -0.25) is 4.98 Å². The Bertz CT molecular complexity index is 1150. The fourth-order valence-electron chi connectivity index (χ4n) is 3.16. The molecule has 2 aromatic heterocycles. The number of pyridine rings is 1. The lowest BCUT2D eigenvalue weighted by atomic mass is 10.1. The summed E-state index contributed by atoms with van der Waals surface area (Å²) >= 11 is 0. The molecule has 0 aliphatic heterocycles. The van der Waals surface area contributed by atoms with Gasteiger partial charge in [-0.25, -0.2) is 14.8 Å². The highest BCUT2D eigenvalue weighted by molar-refractivity contribution is 5.77. The molecule has 2 heterocycles. The minimum absolute atomic E-state index is 0.242. The molecular weight excluding hydrogens is 404 g/mol. The van der Waals surface area contributed by atoms with Crippen molar-refractivity contribution >= 4 is 11.8 Å². The summed E-state index contributed by atoms with van der Waals surface area (Å²) < 4.78 is 5.78. The molecule has 0 saturated carbocycles. The predicted molar refractivity (Wildman–Crippen MR) is 121 cm³/mol. The summed E-state index contributed by atoms with van der Waals surface area (Å²) in [6.45, 7) is 0.467. The fourth-order valence-corrected chi connectivity index (χ4v) is 3.16. The van der Waals surface area contributed by atoms with E-state index in [-0.39, 0.29) is 6.42 Å². The summed E-state index contributed by atoms with van der Waals surface area (Å²) in [5.74, 6) is 0.287. The summed E-state index contributed by atoms with van der Waals surface area (Å²) in [6.07, 6.45) is 3.31. The second-order valence-electron chi connectivity index (χ2n) is 7.15. The first-order valence-corrected chi connectivity index (χ1v) is 10.2. The Labute approximate surface area is 185 Å². The van der Waals surface area contributed by atoms with Gasteiger partial charge in [-0.05, 0) is 29.8 Å². The first-order chi connectivity index (χ1) is 15.7. The number of nitrogens with zero attached hydrogens (tertiary/aromatic N) is 3. The van der Waals surface area contributed by atoms with Crippen molar-refractivity contribution in [1.29, 1.82) is 0 Å². The van der Waals surface area contributed by atoms with Gasteiger partial charge in [0, 0.05) is 29.9 Å². The van der Waals surface area contributed by atoms with E-state index in [1.807, 2.05) is 60.7 Å². The zero-order chi connectivity index (χ0) is 22.2. The largest absolute Gasteiger partial charge is 0.489 e. The third-order valence-electron chi connectivity index (χ3n) is 4.83. The number of hydrogen-bond donors (Lipinski definition) is 2. The lowest BCUT2D eigenvalue weighted by Gasteiger charge is -2.15. The number of carboxylic acid groups (broad SMARTS) is 1. The zero-order valence-electron chi connectivity index (χ0n) is 17.3. The second-order valence-corrected chi connectivity index (χ2v) is 7.15. The molecule has 0 aliphatic rings. The summed E-state index contributed by atoms with van der Waals surface area (Å²) in [5, 5.41) is 12.6. The Morgan fingerprint density at radius 2 is 1.72 bits per heavy atom. The molecule has 1 unspecified atom stereocenters. The van der Waals surface area contributed by atoms with Crippen molar-refractivity contribution in [1.82, 2.24) is 15.0 Å². The normalized spacial score (nSPS) is 11.5. The van der Waals surface area contributed by atoms with Gasteiger partial charge in [0.05, 0.1) is 5.69 Å². The van der Waals surface area contributed by atoms with Gasteiger partial charge in [0.1, 0.15) is 30.5 Å². The van der Waals surface area contributed by atoms with E-state index < -0.39 is 12.0 Å². The van der Waals surface area contributed by atoms with Gasteiger partial charge in [0.15, 0.2) is 0 Å². The van der Waals surface area contributed by atoms with Crippen LogP contribution in [-0.4, -0.2) is 32.1 Å². The monoisotopic (exact) mass is 426 g/mol. The minimum Gasteiger partial charge on any atom is -0.489 e. The molecule has 0 aliphatic carbocycles. The molecule has 2 N–H and O–H groups in total. The summed E-state index contributed by atoms with van der Waals surface area (Å²) in [4.78, 5) is 24.4. The molecular formula is C25H22N4O3. The highest BCUT2D eigenvalue weighted by Crippen LogP contribution is 2.21. The molecule has 0 amide bonds. The van der Waals surface area contributed by atoms with Crippen LogP contribution in [-0.2, 0) is 17.8 Å². The van der Waals surface area contributed by atoms with E-state index in [0.29, 0.717) is 23.8 Å². The molecule has 160 valence electrons. The predicted octanol–water partition coefficient (Wildman–Crippen LogP) is 4.23. The summed E-state index contributed by atoms with van der Waals surface area (Å²) in [6, 6.07) is 23.8. The number of anilines is 1. The Kier molecular flexibility index (Phi) is 6.67. The first-order valence-electron chi connectivity index (χ1n) is 10.2. The van der Waals surface area contributed by atoms with Gasteiger partial charge in [0.2, 0.25) is 0 Å².